The first-order valence-corrected chi connectivity index (χ1v) is 8.32. The summed E-state index contributed by atoms with van der Waals surface area (Å²) in [6, 6.07) is 14.4. The number of anilines is 1. The minimum absolute atomic E-state index is 0.00298. The van der Waals surface area contributed by atoms with Gasteiger partial charge in [0.1, 0.15) is 11.7 Å². The minimum Gasteiger partial charge on any atom is -0.406 e. The van der Waals surface area contributed by atoms with Gasteiger partial charge in [0, 0.05) is 18.8 Å². The Bertz CT molecular complexity index is 824. The van der Waals surface area contributed by atoms with Crippen LogP contribution in [0.25, 0.3) is 0 Å². The fraction of sp³-hybridized carbons (Fsp3) is 0.263. The van der Waals surface area contributed by atoms with Gasteiger partial charge in [-0.25, -0.2) is 0 Å². The van der Waals surface area contributed by atoms with Crippen LogP contribution in [0.15, 0.2) is 54.6 Å². The van der Waals surface area contributed by atoms with Crippen LogP contribution in [0.2, 0.25) is 0 Å². The highest BCUT2D eigenvalue weighted by atomic mass is 19.4. The Morgan fingerprint density at radius 2 is 1.89 bits per heavy atom. The Morgan fingerprint density at radius 3 is 2.59 bits per heavy atom. The van der Waals surface area contributed by atoms with Gasteiger partial charge in [-0.05, 0) is 36.2 Å². The molecule has 0 spiro atoms. The highest BCUT2D eigenvalue weighted by molar-refractivity contribution is 6.09. The molecule has 5 nitrogen and oxygen atoms in total. The monoisotopic (exact) mass is 378 g/mol. The summed E-state index contributed by atoms with van der Waals surface area (Å²) in [6.07, 6.45) is -4.39. The third kappa shape index (κ3) is 4.78. The van der Waals surface area contributed by atoms with Gasteiger partial charge in [0.25, 0.3) is 0 Å². The summed E-state index contributed by atoms with van der Waals surface area (Å²) in [7, 11) is 0. The van der Waals surface area contributed by atoms with Crippen molar-refractivity contribution in [2.75, 3.05) is 11.4 Å². The fourth-order valence-corrected chi connectivity index (χ4v) is 2.95. The predicted octanol–water partition coefficient (Wildman–Crippen LogP) is 3.25. The van der Waals surface area contributed by atoms with Crippen LogP contribution in [-0.2, 0) is 16.1 Å². The van der Waals surface area contributed by atoms with Crippen LogP contribution >= 0.6 is 0 Å². The van der Waals surface area contributed by atoms with Crippen LogP contribution in [0, 0.1) is 5.92 Å². The number of hydrogen-bond donors (Lipinski definition) is 1. The molecule has 2 aromatic carbocycles. The number of alkyl halides is 3. The highest BCUT2D eigenvalue weighted by Gasteiger charge is 2.37. The van der Waals surface area contributed by atoms with Crippen molar-refractivity contribution in [3.05, 3.63) is 60.2 Å². The molecule has 0 aromatic heterocycles. The molecular weight excluding hydrogens is 361 g/mol. The first-order chi connectivity index (χ1) is 12.8. The molecule has 0 radical (unpaired) electrons. The molecule has 1 saturated heterocycles. The highest BCUT2D eigenvalue weighted by Crippen LogP contribution is 2.26. The summed E-state index contributed by atoms with van der Waals surface area (Å²) < 4.78 is 40.7. The smallest absolute Gasteiger partial charge is 0.406 e. The predicted molar refractivity (Wildman–Crippen MR) is 91.9 cm³/mol. The second-order valence-corrected chi connectivity index (χ2v) is 6.08. The van der Waals surface area contributed by atoms with E-state index in [2.05, 4.69) is 10.1 Å². The van der Waals surface area contributed by atoms with Crippen molar-refractivity contribution in [2.45, 2.75) is 19.3 Å². The lowest BCUT2D eigenvalue weighted by molar-refractivity contribution is -0.274. The molecule has 0 bridgehead atoms. The quantitative estimate of drug-likeness (QED) is 0.813. The van der Waals surface area contributed by atoms with E-state index in [0.29, 0.717) is 18.5 Å². The fourth-order valence-electron chi connectivity index (χ4n) is 2.95. The van der Waals surface area contributed by atoms with E-state index in [1.165, 1.54) is 18.2 Å². The third-order valence-electron chi connectivity index (χ3n) is 4.19. The molecule has 1 aliphatic heterocycles. The second kappa shape index (κ2) is 7.69. The molecule has 0 aliphatic carbocycles. The number of benzene rings is 2. The molecule has 0 saturated carbocycles. The van der Waals surface area contributed by atoms with Crippen LogP contribution in [-0.4, -0.2) is 24.7 Å². The van der Waals surface area contributed by atoms with E-state index >= 15 is 0 Å². The van der Waals surface area contributed by atoms with E-state index in [1.54, 1.807) is 23.1 Å². The summed E-state index contributed by atoms with van der Waals surface area (Å²) >= 11 is 0. The third-order valence-corrected chi connectivity index (χ3v) is 4.19. The molecule has 1 heterocycles. The Morgan fingerprint density at radius 1 is 1.15 bits per heavy atom. The molecule has 8 heteroatoms. The number of carbonyl (C=O) groups excluding carboxylic acids is 2. The molecule has 2 amide bonds. The van der Waals surface area contributed by atoms with Gasteiger partial charge < -0.3 is 15.0 Å². The Labute approximate surface area is 153 Å². The molecule has 1 unspecified atom stereocenters. The van der Waals surface area contributed by atoms with Gasteiger partial charge >= 0.3 is 6.36 Å². The van der Waals surface area contributed by atoms with E-state index < -0.39 is 18.2 Å². The SMILES string of the molecule is O=C(NCc1cccc(OC(F)(F)F)c1)C1CCN(c2ccccc2)C1=O. The molecule has 1 fully saturated rings. The Kier molecular flexibility index (Phi) is 5.34. The number of rotatable bonds is 5. The maximum atomic E-state index is 12.5. The molecular formula is C19H17F3N2O3. The van der Waals surface area contributed by atoms with Crippen LogP contribution < -0.4 is 15.0 Å². The summed E-state index contributed by atoms with van der Waals surface area (Å²) in [5.41, 5.74) is 1.17. The molecule has 3 rings (SSSR count). The largest absolute Gasteiger partial charge is 0.573 e. The molecule has 1 atom stereocenters. The van der Waals surface area contributed by atoms with E-state index in [1.807, 2.05) is 18.2 Å². The van der Waals surface area contributed by atoms with E-state index in [-0.39, 0.29) is 18.2 Å². The summed E-state index contributed by atoms with van der Waals surface area (Å²) in [6.45, 7) is 0.443. The van der Waals surface area contributed by atoms with Crippen molar-refractivity contribution in [3.8, 4) is 5.75 Å². The molecule has 1 aliphatic rings. The number of carbonyl (C=O) groups is 2. The molecule has 1 N–H and O–H groups in total. The van der Waals surface area contributed by atoms with E-state index in [0.717, 1.165) is 5.69 Å². The summed E-state index contributed by atoms with van der Waals surface area (Å²) in [5, 5.41) is 2.61. The van der Waals surface area contributed by atoms with E-state index in [4.69, 9.17) is 0 Å². The first-order valence-electron chi connectivity index (χ1n) is 8.32. The zero-order chi connectivity index (χ0) is 19.4. The van der Waals surface area contributed by atoms with Crippen molar-refractivity contribution in [2.24, 2.45) is 5.92 Å². The number of halogens is 3. The van der Waals surface area contributed by atoms with Gasteiger partial charge in [-0.3, -0.25) is 9.59 Å². The number of para-hydroxylation sites is 1. The zero-order valence-corrected chi connectivity index (χ0v) is 14.2. The number of ether oxygens (including phenoxy) is 1. The van der Waals surface area contributed by atoms with Gasteiger partial charge in [0.2, 0.25) is 11.8 Å². The lowest BCUT2D eigenvalue weighted by Gasteiger charge is -2.16. The van der Waals surface area contributed by atoms with Gasteiger partial charge in [0.15, 0.2) is 0 Å². The standard InChI is InChI=1S/C19H17F3N2O3/c20-19(21,22)27-15-8-4-5-13(11-15)12-23-17(25)16-9-10-24(18(16)26)14-6-2-1-3-7-14/h1-8,11,16H,9-10,12H2,(H,23,25). The average Bonchev–Trinajstić information content (AvgIpc) is 3.01. The van der Waals surface area contributed by atoms with Crippen molar-refractivity contribution < 1.29 is 27.5 Å². The normalized spacial score (nSPS) is 17.1. The van der Waals surface area contributed by atoms with Gasteiger partial charge in [-0.15, -0.1) is 13.2 Å². The topological polar surface area (TPSA) is 58.6 Å². The van der Waals surface area contributed by atoms with Crippen molar-refractivity contribution in [1.82, 2.24) is 5.32 Å². The zero-order valence-electron chi connectivity index (χ0n) is 14.2. The Hall–Kier alpha value is -3.03. The van der Waals surface area contributed by atoms with Gasteiger partial charge in [0.05, 0.1) is 0 Å². The van der Waals surface area contributed by atoms with E-state index in [9.17, 15) is 22.8 Å². The number of nitrogens with one attached hydrogen (secondary N) is 1. The van der Waals surface area contributed by atoms with Crippen LogP contribution in [0.5, 0.6) is 5.75 Å². The maximum absolute atomic E-state index is 12.5. The van der Waals surface area contributed by atoms with Crippen molar-refractivity contribution in [3.63, 3.8) is 0 Å². The number of nitrogens with zero attached hydrogens (tertiary/aromatic N) is 1. The van der Waals surface area contributed by atoms with Crippen LogP contribution in [0.3, 0.4) is 0 Å². The maximum Gasteiger partial charge on any atom is 0.573 e. The average molecular weight is 378 g/mol. The van der Waals surface area contributed by atoms with Crippen molar-refractivity contribution >= 4 is 17.5 Å². The number of hydrogen-bond acceptors (Lipinski definition) is 3. The minimum atomic E-state index is -4.78. The summed E-state index contributed by atoms with van der Waals surface area (Å²) in [4.78, 5) is 26.4. The molecule has 142 valence electrons. The second-order valence-electron chi connectivity index (χ2n) is 6.08. The Balaban J connectivity index is 1.59. The first kappa shape index (κ1) is 18.8. The lowest BCUT2D eigenvalue weighted by atomic mass is 10.1. The van der Waals surface area contributed by atoms with Crippen LogP contribution in [0.1, 0.15) is 12.0 Å². The summed E-state index contributed by atoms with van der Waals surface area (Å²) in [5.74, 6) is -1.89. The molecule has 2 aromatic rings. The van der Waals surface area contributed by atoms with Gasteiger partial charge in [-0.1, -0.05) is 30.3 Å². The number of amides is 2. The molecule has 27 heavy (non-hydrogen) atoms. The lowest BCUT2D eigenvalue weighted by Crippen LogP contribution is -2.36. The van der Waals surface area contributed by atoms with Crippen molar-refractivity contribution in [1.29, 1.82) is 0 Å². The van der Waals surface area contributed by atoms with Gasteiger partial charge in [-0.2, -0.15) is 0 Å². The van der Waals surface area contributed by atoms with Crippen LogP contribution in [0.4, 0.5) is 18.9 Å².